The molecular formula is C29H28ClN3O3. The van der Waals surface area contributed by atoms with Crippen molar-refractivity contribution in [3.63, 3.8) is 0 Å². The molecule has 3 N–H and O–H groups in total. The zero-order valence-electron chi connectivity index (χ0n) is 20.4. The number of halogens is 1. The van der Waals surface area contributed by atoms with Gasteiger partial charge in [-0.05, 0) is 67.3 Å². The lowest BCUT2D eigenvalue weighted by Crippen LogP contribution is -2.28. The van der Waals surface area contributed by atoms with Gasteiger partial charge in [0.2, 0.25) is 0 Å². The molecule has 1 heterocycles. The highest BCUT2D eigenvalue weighted by molar-refractivity contribution is 6.31. The van der Waals surface area contributed by atoms with Crippen molar-refractivity contribution in [3.8, 4) is 22.5 Å². The summed E-state index contributed by atoms with van der Waals surface area (Å²) in [5.74, 6) is -0.833. The van der Waals surface area contributed by atoms with Gasteiger partial charge in [0.15, 0.2) is 0 Å². The predicted molar refractivity (Wildman–Crippen MR) is 142 cm³/mol. The molecular weight excluding hydrogens is 474 g/mol. The third-order valence-electron chi connectivity index (χ3n) is 6.25. The van der Waals surface area contributed by atoms with E-state index < -0.39 is 5.97 Å². The van der Waals surface area contributed by atoms with Crippen LogP contribution in [0.15, 0.2) is 66.7 Å². The number of carbonyl (C=O) groups excluding carboxylic acids is 1. The molecule has 0 radical (unpaired) electrons. The first kappa shape index (κ1) is 25.2. The SMILES string of the molecule is CCC[C@@H](NC(=O)c1ccc(-c2cc(Cl)ccc2-c2nc(C)c(C)[nH]2)c(C(=O)O)c1)c1ccccc1. The summed E-state index contributed by atoms with van der Waals surface area (Å²) >= 11 is 6.31. The molecule has 1 amide bonds. The number of H-pyrrole nitrogens is 1. The lowest BCUT2D eigenvalue weighted by Gasteiger charge is -2.19. The third-order valence-corrected chi connectivity index (χ3v) is 6.49. The molecule has 6 nitrogen and oxygen atoms in total. The highest BCUT2D eigenvalue weighted by atomic mass is 35.5. The summed E-state index contributed by atoms with van der Waals surface area (Å²) in [5, 5.41) is 13.6. The molecule has 0 unspecified atom stereocenters. The van der Waals surface area contributed by atoms with Crippen LogP contribution >= 0.6 is 11.6 Å². The molecule has 0 bridgehead atoms. The zero-order chi connectivity index (χ0) is 25.8. The molecule has 7 heteroatoms. The Balaban J connectivity index is 1.74. The van der Waals surface area contributed by atoms with Crippen molar-refractivity contribution in [2.75, 3.05) is 0 Å². The number of nitrogens with zero attached hydrogens (tertiary/aromatic N) is 1. The Kier molecular flexibility index (Phi) is 7.55. The summed E-state index contributed by atoms with van der Waals surface area (Å²) < 4.78 is 0. The summed E-state index contributed by atoms with van der Waals surface area (Å²) in [4.78, 5) is 33.3. The van der Waals surface area contributed by atoms with E-state index in [4.69, 9.17) is 11.6 Å². The van der Waals surface area contributed by atoms with Crippen LogP contribution in [0.3, 0.4) is 0 Å². The van der Waals surface area contributed by atoms with Gasteiger partial charge >= 0.3 is 5.97 Å². The molecule has 36 heavy (non-hydrogen) atoms. The first-order chi connectivity index (χ1) is 17.3. The number of carbonyl (C=O) groups is 2. The van der Waals surface area contributed by atoms with E-state index in [0.717, 1.165) is 35.4 Å². The van der Waals surface area contributed by atoms with E-state index in [9.17, 15) is 14.7 Å². The van der Waals surface area contributed by atoms with E-state index in [1.807, 2.05) is 50.2 Å². The molecule has 0 spiro atoms. The van der Waals surface area contributed by atoms with Crippen LogP contribution in [-0.2, 0) is 0 Å². The zero-order valence-corrected chi connectivity index (χ0v) is 21.2. The van der Waals surface area contributed by atoms with Gasteiger partial charge in [0, 0.05) is 21.8 Å². The Labute approximate surface area is 215 Å². The van der Waals surface area contributed by atoms with Crippen molar-refractivity contribution in [2.45, 2.75) is 39.7 Å². The first-order valence-electron chi connectivity index (χ1n) is 11.8. The Hall–Kier alpha value is -3.90. The van der Waals surface area contributed by atoms with Crippen LogP contribution < -0.4 is 5.32 Å². The fourth-order valence-electron chi connectivity index (χ4n) is 4.26. The van der Waals surface area contributed by atoms with E-state index in [0.29, 0.717) is 22.0 Å². The molecule has 0 saturated heterocycles. The second kappa shape index (κ2) is 10.8. The van der Waals surface area contributed by atoms with Gasteiger partial charge in [-0.25, -0.2) is 9.78 Å². The summed E-state index contributed by atoms with van der Waals surface area (Å²) in [6.07, 6.45) is 1.66. The summed E-state index contributed by atoms with van der Waals surface area (Å²) in [5.41, 5.74) is 4.88. The van der Waals surface area contributed by atoms with Crippen molar-refractivity contribution in [1.82, 2.24) is 15.3 Å². The van der Waals surface area contributed by atoms with E-state index in [2.05, 4.69) is 22.2 Å². The first-order valence-corrected chi connectivity index (χ1v) is 12.2. The molecule has 0 saturated carbocycles. The number of aromatic nitrogens is 2. The number of carboxylic acids is 1. The van der Waals surface area contributed by atoms with Crippen LogP contribution in [-0.4, -0.2) is 27.0 Å². The van der Waals surface area contributed by atoms with E-state index in [1.165, 1.54) is 6.07 Å². The van der Waals surface area contributed by atoms with Crippen LogP contribution in [0.25, 0.3) is 22.5 Å². The molecule has 4 rings (SSSR count). The molecule has 4 aromatic rings. The van der Waals surface area contributed by atoms with Gasteiger partial charge in [-0.3, -0.25) is 4.79 Å². The third kappa shape index (κ3) is 5.34. The number of hydrogen-bond donors (Lipinski definition) is 3. The van der Waals surface area contributed by atoms with Crippen LogP contribution in [0.5, 0.6) is 0 Å². The summed E-state index contributed by atoms with van der Waals surface area (Å²) in [6.45, 7) is 5.89. The second-order valence-corrected chi connectivity index (χ2v) is 9.21. The van der Waals surface area contributed by atoms with Crippen LogP contribution in [0.2, 0.25) is 5.02 Å². The van der Waals surface area contributed by atoms with Gasteiger partial charge in [0.1, 0.15) is 5.82 Å². The molecule has 1 aromatic heterocycles. The van der Waals surface area contributed by atoms with Crippen molar-refractivity contribution < 1.29 is 14.7 Å². The number of imidazole rings is 1. The quantitative estimate of drug-likeness (QED) is 0.242. The predicted octanol–water partition coefficient (Wildman–Crippen LogP) is 6.98. The Bertz CT molecular complexity index is 1390. The maximum Gasteiger partial charge on any atom is 0.336 e. The molecule has 0 fully saturated rings. The molecule has 184 valence electrons. The van der Waals surface area contributed by atoms with Gasteiger partial charge in [-0.1, -0.05) is 61.3 Å². The van der Waals surface area contributed by atoms with Gasteiger partial charge in [0.05, 0.1) is 17.3 Å². The normalized spacial score (nSPS) is 11.8. The fourth-order valence-corrected chi connectivity index (χ4v) is 4.43. The highest BCUT2D eigenvalue weighted by Crippen LogP contribution is 2.36. The molecule has 0 aliphatic carbocycles. The Morgan fingerprint density at radius 1 is 1.00 bits per heavy atom. The van der Waals surface area contributed by atoms with E-state index in [-0.39, 0.29) is 23.1 Å². The lowest BCUT2D eigenvalue weighted by molar-refractivity contribution is 0.0697. The average molecular weight is 502 g/mol. The fraction of sp³-hybridized carbons (Fsp3) is 0.207. The number of aromatic amines is 1. The Morgan fingerprint density at radius 3 is 2.36 bits per heavy atom. The van der Waals surface area contributed by atoms with E-state index >= 15 is 0 Å². The molecule has 0 aliphatic rings. The van der Waals surface area contributed by atoms with Crippen molar-refractivity contribution in [1.29, 1.82) is 0 Å². The monoisotopic (exact) mass is 501 g/mol. The van der Waals surface area contributed by atoms with Crippen molar-refractivity contribution in [3.05, 3.63) is 99.8 Å². The second-order valence-electron chi connectivity index (χ2n) is 8.78. The topological polar surface area (TPSA) is 95.1 Å². The van der Waals surface area contributed by atoms with Gasteiger partial charge < -0.3 is 15.4 Å². The van der Waals surface area contributed by atoms with Crippen molar-refractivity contribution in [2.24, 2.45) is 0 Å². The number of nitrogens with one attached hydrogen (secondary N) is 2. The van der Waals surface area contributed by atoms with Crippen LogP contribution in [0, 0.1) is 13.8 Å². The number of carboxylic acid groups (broad SMARTS) is 1. The smallest absolute Gasteiger partial charge is 0.336 e. The molecule has 3 aromatic carbocycles. The Morgan fingerprint density at radius 2 is 1.72 bits per heavy atom. The number of hydrogen-bond acceptors (Lipinski definition) is 3. The maximum absolute atomic E-state index is 13.2. The minimum atomic E-state index is -1.13. The highest BCUT2D eigenvalue weighted by Gasteiger charge is 2.21. The van der Waals surface area contributed by atoms with Gasteiger partial charge in [0.25, 0.3) is 5.91 Å². The number of aromatic carboxylic acids is 1. The maximum atomic E-state index is 13.2. The summed E-state index contributed by atoms with van der Waals surface area (Å²) in [6, 6.07) is 19.6. The lowest BCUT2D eigenvalue weighted by atomic mass is 9.93. The van der Waals surface area contributed by atoms with Gasteiger partial charge in [-0.15, -0.1) is 0 Å². The number of aryl methyl sites for hydroxylation is 2. The molecule has 0 aliphatic heterocycles. The largest absolute Gasteiger partial charge is 0.478 e. The number of benzene rings is 3. The minimum Gasteiger partial charge on any atom is -0.478 e. The number of amides is 1. The van der Waals surface area contributed by atoms with Crippen LogP contribution in [0.1, 0.15) is 63.5 Å². The minimum absolute atomic E-state index is 0.0120. The summed E-state index contributed by atoms with van der Waals surface area (Å²) in [7, 11) is 0. The van der Waals surface area contributed by atoms with E-state index in [1.54, 1.807) is 24.3 Å². The standard InChI is InChI=1S/C29H28ClN3O3/c1-4-8-26(19-9-6-5-7-10-19)33-28(34)20-11-13-22(25(15-20)29(35)36)24-16-21(30)12-14-23(24)27-31-17(2)18(3)32-27/h5-7,9-16,26H,4,8H2,1-3H3,(H,31,32)(H,33,34)(H,35,36)/t26-/m1/s1. The number of rotatable bonds is 8. The average Bonchev–Trinajstić information content (AvgIpc) is 3.21. The van der Waals surface area contributed by atoms with Crippen LogP contribution in [0.4, 0.5) is 0 Å². The van der Waals surface area contributed by atoms with Gasteiger partial charge in [-0.2, -0.15) is 0 Å². The van der Waals surface area contributed by atoms with Crippen molar-refractivity contribution >= 4 is 23.5 Å². The molecule has 1 atom stereocenters.